The van der Waals surface area contributed by atoms with E-state index in [0.29, 0.717) is 6.61 Å². The first kappa shape index (κ1) is 15.3. The minimum Gasteiger partial charge on any atom is -0.465 e. The number of esters is 1. The lowest BCUT2D eigenvalue weighted by Crippen LogP contribution is -2.07. The molecule has 0 N–H and O–H groups in total. The van der Waals surface area contributed by atoms with Crippen LogP contribution in [0.4, 0.5) is 0 Å². The van der Waals surface area contributed by atoms with Crippen molar-refractivity contribution in [1.82, 2.24) is 9.97 Å². The number of ether oxygens (including phenoxy) is 1. The minimum absolute atomic E-state index is 0.202. The number of fused-ring (bicyclic) bond motifs is 1. The monoisotopic (exact) mass is 310 g/mol. The second-order valence-electron chi connectivity index (χ2n) is 4.36. The van der Waals surface area contributed by atoms with Crippen LogP contribution in [0.15, 0.2) is 5.03 Å². The average Bonchev–Trinajstić information content (AvgIpc) is 2.71. The molecule has 0 radical (unpaired) electrons. The predicted octanol–water partition coefficient (Wildman–Crippen LogP) is 3.53. The van der Waals surface area contributed by atoms with Gasteiger partial charge in [0.25, 0.3) is 0 Å². The second kappa shape index (κ2) is 6.54. The van der Waals surface area contributed by atoms with Crippen LogP contribution < -0.4 is 0 Å². The lowest BCUT2D eigenvalue weighted by Gasteiger charge is -2.06. The smallest absolute Gasteiger partial charge is 0.316 e. The molecule has 0 aromatic carbocycles. The van der Waals surface area contributed by atoms with Gasteiger partial charge in [-0.15, -0.1) is 11.3 Å². The van der Waals surface area contributed by atoms with Crippen molar-refractivity contribution in [3.63, 3.8) is 0 Å². The van der Waals surface area contributed by atoms with Crippen LogP contribution in [0.3, 0.4) is 0 Å². The molecule has 4 nitrogen and oxygen atoms in total. The molecule has 6 heteroatoms. The summed E-state index contributed by atoms with van der Waals surface area (Å²) in [7, 11) is 0. The Hall–Kier alpha value is -1.14. The summed E-state index contributed by atoms with van der Waals surface area (Å²) in [5, 5.41) is 1.97. The van der Waals surface area contributed by atoms with Gasteiger partial charge in [0.05, 0.1) is 12.4 Å². The summed E-state index contributed by atoms with van der Waals surface area (Å²) in [6, 6.07) is 0. The molecule has 0 saturated heterocycles. The number of carbonyl (C=O) groups excluding carboxylic acids is 1. The van der Waals surface area contributed by atoms with Crippen LogP contribution in [-0.2, 0) is 16.0 Å². The van der Waals surface area contributed by atoms with Crippen molar-refractivity contribution >= 4 is 39.3 Å². The van der Waals surface area contributed by atoms with Crippen molar-refractivity contribution in [2.24, 2.45) is 0 Å². The van der Waals surface area contributed by atoms with Crippen molar-refractivity contribution in [1.29, 1.82) is 0 Å². The van der Waals surface area contributed by atoms with Gasteiger partial charge in [0.1, 0.15) is 15.7 Å². The molecule has 0 aliphatic carbocycles. The largest absolute Gasteiger partial charge is 0.465 e. The molecule has 2 aromatic rings. The number of aryl methyl sites for hydroxylation is 3. The summed E-state index contributed by atoms with van der Waals surface area (Å²) in [4.78, 5) is 22.9. The fourth-order valence-electron chi connectivity index (χ4n) is 1.85. The van der Waals surface area contributed by atoms with E-state index in [9.17, 15) is 4.79 Å². The summed E-state index contributed by atoms with van der Waals surface area (Å²) in [6.45, 7) is 8.43. The highest BCUT2D eigenvalue weighted by atomic mass is 32.2. The van der Waals surface area contributed by atoms with Crippen molar-refractivity contribution < 1.29 is 9.53 Å². The number of nitrogens with zero attached hydrogens (tertiary/aromatic N) is 2. The fraction of sp³-hybridized carbons (Fsp3) is 0.500. The number of thioether (sulfide) groups is 1. The lowest BCUT2D eigenvalue weighted by molar-refractivity contribution is -0.139. The minimum atomic E-state index is -0.202. The van der Waals surface area contributed by atoms with Crippen LogP contribution in [0.25, 0.3) is 10.2 Å². The number of carbonyl (C=O) groups is 1. The molecule has 0 spiro atoms. The van der Waals surface area contributed by atoms with E-state index in [4.69, 9.17) is 4.74 Å². The lowest BCUT2D eigenvalue weighted by atomic mass is 10.2. The molecule has 0 fully saturated rings. The summed E-state index contributed by atoms with van der Waals surface area (Å²) in [6.07, 6.45) is 0.791. The molecule has 0 atom stereocenters. The topological polar surface area (TPSA) is 52.1 Å². The highest BCUT2D eigenvalue weighted by molar-refractivity contribution is 8.00. The molecular weight excluding hydrogens is 292 g/mol. The number of aromatic nitrogens is 2. The number of hydrogen-bond acceptors (Lipinski definition) is 6. The number of thiophene rings is 1. The molecule has 2 heterocycles. The summed E-state index contributed by atoms with van der Waals surface area (Å²) < 4.78 is 4.97. The molecule has 0 bridgehead atoms. The molecular formula is C14H18N2O2S2. The van der Waals surface area contributed by atoms with Gasteiger partial charge in [-0.05, 0) is 26.3 Å². The van der Waals surface area contributed by atoms with Crippen LogP contribution >= 0.6 is 23.1 Å². The third-order valence-corrected chi connectivity index (χ3v) is 5.04. The quantitative estimate of drug-likeness (QED) is 0.480. The van der Waals surface area contributed by atoms with Crippen molar-refractivity contribution in [3.8, 4) is 0 Å². The maximum absolute atomic E-state index is 11.5. The zero-order valence-electron chi connectivity index (χ0n) is 12.1. The summed E-state index contributed by atoms with van der Waals surface area (Å²) in [5.41, 5.74) is 1.21. The Bertz CT molecular complexity index is 638. The Labute approximate surface area is 127 Å². The maximum atomic E-state index is 11.5. The first-order chi connectivity index (χ1) is 9.56. The highest BCUT2D eigenvalue weighted by Gasteiger charge is 2.15. The number of hydrogen-bond donors (Lipinski definition) is 0. The third-order valence-electron chi connectivity index (χ3n) is 2.99. The van der Waals surface area contributed by atoms with Gasteiger partial charge in [0.15, 0.2) is 0 Å². The molecule has 2 aromatic heterocycles. The number of rotatable bonds is 5. The third kappa shape index (κ3) is 3.12. The van der Waals surface area contributed by atoms with Crippen LogP contribution in [0.5, 0.6) is 0 Å². The molecule has 0 amide bonds. The molecule has 108 valence electrons. The first-order valence-corrected chi connectivity index (χ1v) is 8.42. The van der Waals surface area contributed by atoms with Crippen LogP contribution in [0.1, 0.15) is 30.1 Å². The summed E-state index contributed by atoms with van der Waals surface area (Å²) >= 11 is 3.12. The van der Waals surface area contributed by atoms with E-state index in [1.165, 1.54) is 22.2 Å². The van der Waals surface area contributed by atoms with E-state index in [1.807, 2.05) is 13.8 Å². The molecule has 0 aliphatic heterocycles. The first-order valence-electron chi connectivity index (χ1n) is 6.61. The van der Waals surface area contributed by atoms with Gasteiger partial charge >= 0.3 is 5.97 Å². The van der Waals surface area contributed by atoms with Gasteiger partial charge in [0.2, 0.25) is 0 Å². The normalized spacial score (nSPS) is 11.0. The Morgan fingerprint density at radius 2 is 2.05 bits per heavy atom. The van der Waals surface area contributed by atoms with Crippen molar-refractivity contribution in [2.45, 2.75) is 39.1 Å². The van der Waals surface area contributed by atoms with Crippen LogP contribution in [0.2, 0.25) is 0 Å². The SMILES string of the molecule is CCOC(=O)CSc1nc(CC)nc2sc(C)c(C)c12. The zero-order chi connectivity index (χ0) is 14.7. The molecule has 0 saturated carbocycles. The average molecular weight is 310 g/mol. The Kier molecular flexibility index (Phi) is 4.99. The van der Waals surface area contributed by atoms with Crippen LogP contribution in [0, 0.1) is 13.8 Å². The van der Waals surface area contributed by atoms with Gasteiger partial charge < -0.3 is 4.74 Å². The van der Waals surface area contributed by atoms with Gasteiger partial charge in [0, 0.05) is 16.7 Å². The van der Waals surface area contributed by atoms with E-state index in [2.05, 4.69) is 23.8 Å². The van der Waals surface area contributed by atoms with E-state index < -0.39 is 0 Å². The Balaban J connectivity index is 2.37. The molecule has 2 rings (SSSR count). The summed E-state index contributed by atoms with van der Waals surface area (Å²) in [5.74, 6) is 0.911. The second-order valence-corrected chi connectivity index (χ2v) is 6.52. The van der Waals surface area contributed by atoms with E-state index in [0.717, 1.165) is 27.5 Å². The van der Waals surface area contributed by atoms with E-state index in [1.54, 1.807) is 11.3 Å². The van der Waals surface area contributed by atoms with Gasteiger partial charge in [-0.2, -0.15) is 0 Å². The van der Waals surface area contributed by atoms with Gasteiger partial charge in [-0.1, -0.05) is 18.7 Å². The van der Waals surface area contributed by atoms with E-state index >= 15 is 0 Å². The van der Waals surface area contributed by atoms with E-state index in [-0.39, 0.29) is 11.7 Å². The molecule has 0 aliphatic rings. The van der Waals surface area contributed by atoms with Gasteiger partial charge in [-0.3, -0.25) is 4.79 Å². The van der Waals surface area contributed by atoms with Gasteiger partial charge in [-0.25, -0.2) is 9.97 Å². The standard InChI is InChI=1S/C14H18N2O2S2/c1-5-10-15-13(19-7-11(17)18-6-2)12-8(3)9(4)20-14(12)16-10/h5-7H2,1-4H3. The highest BCUT2D eigenvalue weighted by Crippen LogP contribution is 2.35. The maximum Gasteiger partial charge on any atom is 0.316 e. The van der Waals surface area contributed by atoms with Crippen molar-refractivity contribution in [2.75, 3.05) is 12.4 Å². The van der Waals surface area contributed by atoms with Crippen LogP contribution in [-0.4, -0.2) is 28.3 Å². The zero-order valence-corrected chi connectivity index (χ0v) is 13.8. The van der Waals surface area contributed by atoms with Crippen molar-refractivity contribution in [3.05, 3.63) is 16.3 Å². The molecule has 20 heavy (non-hydrogen) atoms. The fourth-order valence-corrected chi connectivity index (χ4v) is 3.86. The predicted molar refractivity (Wildman–Crippen MR) is 83.6 cm³/mol. The Morgan fingerprint density at radius 3 is 2.70 bits per heavy atom. The Morgan fingerprint density at radius 1 is 1.30 bits per heavy atom. The molecule has 0 unspecified atom stereocenters.